The third-order valence-corrected chi connectivity index (χ3v) is 5.24. The number of halogens is 5. The minimum Gasteiger partial charge on any atom is -0.332 e. The van der Waals surface area contributed by atoms with Gasteiger partial charge in [-0.2, -0.15) is 13.2 Å². The van der Waals surface area contributed by atoms with Crippen molar-refractivity contribution < 1.29 is 26.7 Å². The number of amides is 1. The fourth-order valence-corrected chi connectivity index (χ4v) is 4.00. The van der Waals surface area contributed by atoms with Crippen LogP contribution >= 0.6 is 0 Å². The van der Waals surface area contributed by atoms with Crippen LogP contribution in [0.3, 0.4) is 0 Å². The van der Waals surface area contributed by atoms with E-state index in [0.717, 1.165) is 42.7 Å². The van der Waals surface area contributed by atoms with E-state index < -0.39 is 36.3 Å². The molecule has 1 atom stereocenters. The summed E-state index contributed by atoms with van der Waals surface area (Å²) in [5.41, 5.74) is -0.138. The van der Waals surface area contributed by atoms with Gasteiger partial charge in [-0.3, -0.25) is 9.69 Å². The van der Waals surface area contributed by atoms with Crippen LogP contribution in [0.2, 0.25) is 0 Å². The van der Waals surface area contributed by atoms with E-state index in [-0.39, 0.29) is 31.1 Å². The van der Waals surface area contributed by atoms with Gasteiger partial charge >= 0.3 is 6.18 Å². The molecule has 0 spiro atoms. The van der Waals surface area contributed by atoms with Gasteiger partial charge in [0.05, 0.1) is 6.04 Å². The third kappa shape index (κ3) is 4.16. The molecule has 8 heteroatoms. The second-order valence-corrected chi connectivity index (χ2v) is 6.99. The summed E-state index contributed by atoms with van der Waals surface area (Å²) in [5.74, 6) is -2.01. The summed E-state index contributed by atoms with van der Waals surface area (Å²) in [5, 5.41) is 0. The first kappa shape index (κ1) is 19.1. The Kier molecular flexibility index (Phi) is 5.50. The first-order valence-corrected chi connectivity index (χ1v) is 8.80. The summed E-state index contributed by atoms with van der Waals surface area (Å²) in [6, 6.07) is 2.75. The average Bonchev–Trinajstić information content (AvgIpc) is 3.18. The molecule has 2 aliphatic rings. The molecule has 1 amide bonds. The minimum absolute atomic E-state index is 0.00594. The Labute approximate surface area is 148 Å². The van der Waals surface area contributed by atoms with Crippen molar-refractivity contribution in [3.8, 4) is 0 Å². The Morgan fingerprint density at radius 1 is 1.08 bits per heavy atom. The van der Waals surface area contributed by atoms with Crippen molar-refractivity contribution in [3.63, 3.8) is 0 Å². The van der Waals surface area contributed by atoms with Crippen LogP contribution in [0.25, 0.3) is 0 Å². The lowest BCUT2D eigenvalue weighted by Gasteiger charge is -2.33. The molecule has 1 saturated heterocycles. The summed E-state index contributed by atoms with van der Waals surface area (Å²) in [6.45, 7) is -1.39. The zero-order valence-corrected chi connectivity index (χ0v) is 14.2. The second kappa shape index (κ2) is 7.50. The summed E-state index contributed by atoms with van der Waals surface area (Å²) >= 11 is 0. The molecular weight excluding hydrogens is 355 g/mol. The number of hydrogen-bond acceptors (Lipinski definition) is 2. The first-order chi connectivity index (χ1) is 12.3. The molecule has 1 aromatic rings. The van der Waals surface area contributed by atoms with Crippen molar-refractivity contribution in [2.75, 3.05) is 13.1 Å². The summed E-state index contributed by atoms with van der Waals surface area (Å²) in [7, 11) is 0. The van der Waals surface area contributed by atoms with Crippen LogP contribution in [0.5, 0.6) is 0 Å². The number of rotatable bonds is 5. The van der Waals surface area contributed by atoms with Gasteiger partial charge in [-0.15, -0.1) is 0 Å². The maximum Gasteiger partial charge on any atom is 0.406 e. The number of carbonyl (C=O) groups excluding carboxylic acids is 1. The van der Waals surface area contributed by atoms with Gasteiger partial charge in [0.1, 0.15) is 18.2 Å². The first-order valence-electron chi connectivity index (χ1n) is 8.80. The number of nitrogens with zero attached hydrogens (tertiary/aromatic N) is 2. The molecule has 1 aliphatic carbocycles. The van der Waals surface area contributed by atoms with Crippen LogP contribution < -0.4 is 0 Å². The maximum absolute atomic E-state index is 14.1. The second-order valence-electron chi connectivity index (χ2n) is 6.99. The fraction of sp³-hybridized carbons (Fsp3) is 0.611. The molecule has 1 aliphatic heterocycles. The van der Waals surface area contributed by atoms with E-state index in [1.165, 1.54) is 6.07 Å². The SMILES string of the molecule is O=C1[C@@H](N(Cc2c(F)cccc2F)C2CCCC2)CCN1CC(F)(F)F. The highest BCUT2D eigenvalue weighted by Gasteiger charge is 2.43. The smallest absolute Gasteiger partial charge is 0.332 e. The van der Waals surface area contributed by atoms with E-state index >= 15 is 0 Å². The number of benzene rings is 1. The lowest BCUT2D eigenvalue weighted by atomic mass is 10.1. The van der Waals surface area contributed by atoms with Gasteiger partial charge in [0, 0.05) is 24.7 Å². The van der Waals surface area contributed by atoms with Crippen LogP contribution in [-0.2, 0) is 11.3 Å². The van der Waals surface area contributed by atoms with Crippen LogP contribution in [0.1, 0.15) is 37.7 Å². The average molecular weight is 376 g/mol. The number of hydrogen-bond donors (Lipinski definition) is 0. The van der Waals surface area contributed by atoms with E-state index in [1.54, 1.807) is 4.90 Å². The normalized spacial score (nSPS) is 22.0. The van der Waals surface area contributed by atoms with Crippen LogP contribution in [0.4, 0.5) is 22.0 Å². The van der Waals surface area contributed by atoms with Gasteiger partial charge in [-0.05, 0) is 31.4 Å². The third-order valence-electron chi connectivity index (χ3n) is 5.24. The van der Waals surface area contributed by atoms with E-state index in [4.69, 9.17) is 0 Å². The molecule has 0 bridgehead atoms. The Bertz CT molecular complexity index is 637. The van der Waals surface area contributed by atoms with E-state index in [1.807, 2.05) is 0 Å². The minimum atomic E-state index is -4.46. The molecular formula is C18H21F5N2O. The van der Waals surface area contributed by atoms with Crippen LogP contribution in [-0.4, -0.2) is 47.1 Å². The van der Waals surface area contributed by atoms with Crippen molar-refractivity contribution in [2.45, 2.75) is 56.9 Å². The van der Waals surface area contributed by atoms with Crippen molar-refractivity contribution in [1.82, 2.24) is 9.80 Å². The lowest BCUT2D eigenvalue weighted by Crippen LogP contribution is -2.47. The topological polar surface area (TPSA) is 23.6 Å². The molecule has 0 N–H and O–H groups in total. The Balaban J connectivity index is 1.82. The molecule has 0 unspecified atom stereocenters. The van der Waals surface area contributed by atoms with Crippen molar-refractivity contribution in [1.29, 1.82) is 0 Å². The summed E-state index contributed by atoms with van der Waals surface area (Å²) in [6.07, 6.45) is -0.789. The van der Waals surface area contributed by atoms with Gasteiger partial charge in [-0.25, -0.2) is 8.78 Å². The highest BCUT2D eigenvalue weighted by atomic mass is 19.4. The molecule has 0 aromatic heterocycles. The van der Waals surface area contributed by atoms with Gasteiger partial charge in [0.2, 0.25) is 5.91 Å². The Hall–Kier alpha value is -1.70. The van der Waals surface area contributed by atoms with Crippen LogP contribution in [0, 0.1) is 11.6 Å². The monoisotopic (exact) mass is 376 g/mol. The summed E-state index contributed by atoms with van der Waals surface area (Å²) < 4.78 is 66.1. The number of carbonyl (C=O) groups is 1. The number of likely N-dealkylation sites (tertiary alicyclic amines) is 1. The largest absolute Gasteiger partial charge is 0.406 e. The van der Waals surface area contributed by atoms with Gasteiger partial charge < -0.3 is 4.90 Å². The maximum atomic E-state index is 14.1. The fourth-order valence-electron chi connectivity index (χ4n) is 4.00. The van der Waals surface area contributed by atoms with Crippen LogP contribution in [0.15, 0.2) is 18.2 Å². The zero-order chi connectivity index (χ0) is 18.9. The molecule has 1 saturated carbocycles. The van der Waals surface area contributed by atoms with E-state index in [2.05, 4.69) is 0 Å². The lowest BCUT2D eigenvalue weighted by molar-refractivity contribution is -0.159. The number of alkyl halides is 3. The molecule has 1 aromatic carbocycles. The Morgan fingerprint density at radius 2 is 1.69 bits per heavy atom. The van der Waals surface area contributed by atoms with Crippen molar-refractivity contribution in [2.24, 2.45) is 0 Å². The molecule has 2 fully saturated rings. The molecule has 26 heavy (non-hydrogen) atoms. The quantitative estimate of drug-likeness (QED) is 0.729. The summed E-state index contributed by atoms with van der Waals surface area (Å²) in [4.78, 5) is 15.0. The van der Waals surface area contributed by atoms with Gasteiger partial charge in [0.15, 0.2) is 0 Å². The zero-order valence-electron chi connectivity index (χ0n) is 14.2. The van der Waals surface area contributed by atoms with E-state index in [0.29, 0.717) is 0 Å². The molecule has 144 valence electrons. The van der Waals surface area contributed by atoms with Crippen molar-refractivity contribution >= 4 is 5.91 Å². The van der Waals surface area contributed by atoms with Gasteiger partial charge in [0.25, 0.3) is 0 Å². The molecule has 0 radical (unpaired) electrons. The molecule has 3 nitrogen and oxygen atoms in total. The standard InChI is InChI=1S/C18H21F5N2O/c19-14-6-3-7-15(20)13(14)10-25(12-4-1-2-5-12)16-8-9-24(17(16)26)11-18(21,22)23/h3,6-7,12,16H,1-2,4-5,8-11H2/t16-/m0/s1. The van der Waals surface area contributed by atoms with Crippen molar-refractivity contribution in [3.05, 3.63) is 35.4 Å². The predicted octanol–water partition coefficient (Wildman–Crippen LogP) is 3.87. The molecule has 3 rings (SSSR count). The highest BCUT2D eigenvalue weighted by Crippen LogP contribution is 2.32. The highest BCUT2D eigenvalue weighted by molar-refractivity contribution is 5.84. The predicted molar refractivity (Wildman–Crippen MR) is 85.2 cm³/mol. The Morgan fingerprint density at radius 3 is 2.27 bits per heavy atom. The van der Waals surface area contributed by atoms with Gasteiger partial charge in [-0.1, -0.05) is 18.9 Å². The van der Waals surface area contributed by atoms with E-state index in [9.17, 15) is 26.7 Å². The molecule has 1 heterocycles.